The van der Waals surface area contributed by atoms with Gasteiger partial charge in [0.2, 0.25) is 0 Å². The zero-order valence-corrected chi connectivity index (χ0v) is 11.5. The molecule has 0 heterocycles. The van der Waals surface area contributed by atoms with Crippen molar-refractivity contribution in [3.63, 3.8) is 0 Å². The molecule has 0 aliphatic heterocycles. The molecule has 0 atom stereocenters. The molecule has 0 bridgehead atoms. The van der Waals surface area contributed by atoms with Crippen LogP contribution in [0, 0.1) is 11.8 Å². The summed E-state index contributed by atoms with van der Waals surface area (Å²) in [5, 5.41) is 0. The van der Waals surface area contributed by atoms with E-state index in [1.165, 1.54) is 0 Å². The van der Waals surface area contributed by atoms with Crippen LogP contribution in [0.15, 0.2) is 0 Å². The van der Waals surface area contributed by atoms with Crippen LogP contribution < -0.4 is 5.73 Å². The molecule has 0 aromatic heterocycles. The molecule has 0 rings (SSSR count). The molecule has 0 aromatic rings. The number of nitrogens with two attached hydrogens (primary N) is 1. The highest BCUT2D eigenvalue weighted by Gasteiger charge is 2.19. The molecule has 4 heteroatoms. The summed E-state index contributed by atoms with van der Waals surface area (Å²) >= 11 is 8.48. The third-order valence-corrected chi connectivity index (χ3v) is 1.99. The summed E-state index contributed by atoms with van der Waals surface area (Å²) in [7, 11) is 0. The summed E-state index contributed by atoms with van der Waals surface area (Å²) in [6.45, 7) is 11.7. The summed E-state index contributed by atoms with van der Waals surface area (Å²) in [6.07, 6.45) is 0. The molecular formula is C10H24N2S2. The Bertz CT molecular complexity index is 143. The van der Waals surface area contributed by atoms with Gasteiger partial charge in [0, 0.05) is 19.6 Å². The third-order valence-electron chi connectivity index (χ3n) is 1.70. The molecule has 2 N–H and O–H groups in total. The Balaban J connectivity index is 4.11. The normalized spacial score (nSPS) is 13.3. The van der Waals surface area contributed by atoms with Crippen molar-refractivity contribution in [1.82, 2.24) is 4.90 Å². The van der Waals surface area contributed by atoms with Crippen LogP contribution in [0.5, 0.6) is 0 Å². The maximum Gasteiger partial charge on any atom is 0.116 e. The minimum atomic E-state index is -0.691. The van der Waals surface area contributed by atoms with Gasteiger partial charge in [-0.1, -0.05) is 27.7 Å². The summed E-state index contributed by atoms with van der Waals surface area (Å²) in [6, 6.07) is 0. The van der Waals surface area contributed by atoms with Gasteiger partial charge in [-0.05, 0) is 11.8 Å². The van der Waals surface area contributed by atoms with E-state index in [2.05, 4.69) is 57.9 Å². The fraction of sp³-hybridized carbons (Fsp3) is 1.00. The number of rotatable bonds is 6. The highest BCUT2D eigenvalue weighted by Crippen LogP contribution is 2.15. The molecule has 14 heavy (non-hydrogen) atoms. The first-order chi connectivity index (χ1) is 6.20. The average molecular weight is 236 g/mol. The molecule has 0 aliphatic rings. The van der Waals surface area contributed by atoms with Crippen LogP contribution in [0.4, 0.5) is 0 Å². The van der Waals surface area contributed by atoms with E-state index in [1.807, 2.05) is 0 Å². The van der Waals surface area contributed by atoms with Crippen molar-refractivity contribution in [3.05, 3.63) is 0 Å². The van der Waals surface area contributed by atoms with E-state index in [-0.39, 0.29) is 0 Å². The number of thiol groups is 2. The molecule has 0 unspecified atom stereocenters. The number of hydrogen-bond acceptors (Lipinski definition) is 4. The lowest BCUT2D eigenvalue weighted by molar-refractivity contribution is 0.217. The van der Waals surface area contributed by atoms with Gasteiger partial charge < -0.3 is 5.73 Å². The van der Waals surface area contributed by atoms with Crippen molar-refractivity contribution in [1.29, 1.82) is 0 Å². The molecule has 0 fully saturated rings. The molecule has 0 saturated heterocycles. The standard InChI is InChI=1S/C10H24N2S2/c1-8(2)5-12(6-9(3)4)7-10(11,13)14/h8-9,13-14H,5-7,11H2,1-4H3. The summed E-state index contributed by atoms with van der Waals surface area (Å²) in [4.78, 5) is 2.33. The molecule has 86 valence electrons. The van der Waals surface area contributed by atoms with Crippen molar-refractivity contribution in [2.75, 3.05) is 19.6 Å². The zero-order valence-electron chi connectivity index (χ0n) is 9.70. The van der Waals surface area contributed by atoms with Crippen molar-refractivity contribution in [2.45, 2.75) is 31.9 Å². The number of hydrogen-bond donors (Lipinski definition) is 3. The molecule has 0 aromatic carbocycles. The molecule has 0 spiro atoms. The molecule has 0 amide bonds. The first-order valence-electron chi connectivity index (χ1n) is 5.16. The van der Waals surface area contributed by atoms with Gasteiger partial charge in [-0.3, -0.25) is 4.90 Å². The van der Waals surface area contributed by atoms with Gasteiger partial charge in [0.1, 0.15) is 4.20 Å². The quantitative estimate of drug-likeness (QED) is 0.487. The van der Waals surface area contributed by atoms with Gasteiger partial charge >= 0.3 is 0 Å². The fourth-order valence-corrected chi connectivity index (χ4v) is 1.97. The van der Waals surface area contributed by atoms with E-state index in [1.54, 1.807) is 0 Å². The lowest BCUT2D eigenvalue weighted by Gasteiger charge is -2.31. The van der Waals surface area contributed by atoms with Gasteiger partial charge in [-0.15, -0.1) is 25.3 Å². The second-order valence-corrected chi connectivity index (χ2v) is 6.81. The van der Waals surface area contributed by atoms with Crippen molar-refractivity contribution >= 4 is 25.3 Å². The van der Waals surface area contributed by atoms with E-state index in [4.69, 9.17) is 5.73 Å². The third kappa shape index (κ3) is 9.19. The van der Waals surface area contributed by atoms with Crippen LogP contribution in [0.1, 0.15) is 27.7 Å². The van der Waals surface area contributed by atoms with Gasteiger partial charge in [-0.2, -0.15) is 0 Å². The molecule has 2 nitrogen and oxygen atoms in total. The molecule has 0 radical (unpaired) electrons. The lowest BCUT2D eigenvalue weighted by atomic mass is 10.1. The van der Waals surface area contributed by atoms with Crippen LogP contribution in [-0.4, -0.2) is 28.7 Å². The van der Waals surface area contributed by atoms with Gasteiger partial charge in [-0.25, -0.2) is 0 Å². The second-order valence-electron chi connectivity index (χ2n) is 4.86. The van der Waals surface area contributed by atoms with E-state index >= 15 is 0 Å². The van der Waals surface area contributed by atoms with Crippen molar-refractivity contribution in [3.8, 4) is 0 Å². The Kier molecular flexibility index (Phi) is 6.53. The largest absolute Gasteiger partial charge is 0.308 e. The average Bonchev–Trinajstić information content (AvgIpc) is 1.77. The van der Waals surface area contributed by atoms with Crippen LogP contribution in [0.25, 0.3) is 0 Å². The van der Waals surface area contributed by atoms with Crippen molar-refractivity contribution < 1.29 is 0 Å². The minimum Gasteiger partial charge on any atom is -0.308 e. The first kappa shape index (κ1) is 14.6. The van der Waals surface area contributed by atoms with Crippen LogP contribution >= 0.6 is 25.3 Å². The van der Waals surface area contributed by atoms with Crippen LogP contribution in [0.3, 0.4) is 0 Å². The SMILES string of the molecule is CC(C)CN(CC(C)C)CC(N)(S)S. The highest BCUT2D eigenvalue weighted by molar-refractivity contribution is 8.00. The van der Waals surface area contributed by atoms with Crippen LogP contribution in [-0.2, 0) is 0 Å². The Labute approximate surface area is 99.4 Å². The van der Waals surface area contributed by atoms with Crippen LogP contribution in [0.2, 0.25) is 0 Å². The summed E-state index contributed by atoms with van der Waals surface area (Å²) in [5.41, 5.74) is 5.77. The fourth-order valence-electron chi connectivity index (χ4n) is 1.57. The Morgan fingerprint density at radius 1 is 1.07 bits per heavy atom. The lowest BCUT2D eigenvalue weighted by Crippen LogP contribution is -2.44. The summed E-state index contributed by atoms with van der Waals surface area (Å²) in [5.74, 6) is 1.30. The topological polar surface area (TPSA) is 29.3 Å². The van der Waals surface area contributed by atoms with Gasteiger partial charge in [0.25, 0.3) is 0 Å². The Morgan fingerprint density at radius 3 is 1.64 bits per heavy atom. The zero-order chi connectivity index (χ0) is 11.4. The smallest absolute Gasteiger partial charge is 0.116 e. The number of nitrogens with zero attached hydrogens (tertiary/aromatic N) is 1. The second kappa shape index (κ2) is 6.26. The predicted molar refractivity (Wildman–Crippen MR) is 71.0 cm³/mol. The summed E-state index contributed by atoms with van der Waals surface area (Å²) < 4.78 is -0.691. The monoisotopic (exact) mass is 236 g/mol. The first-order valence-corrected chi connectivity index (χ1v) is 6.06. The van der Waals surface area contributed by atoms with E-state index in [0.29, 0.717) is 11.8 Å². The van der Waals surface area contributed by atoms with E-state index in [9.17, 15) is 0 Å². The molecule has 0 aliphatic carbocycles. The predicted octanol–water partition coefficient (Wildman–Crippen LogP) is 2.07. The maximum absolute atomic E-state index is 5.77. The van der Waals surface area contributed by atoms with Gasteiger partial charge in [0.15, 0.2) is 0 Å². The minimum absolute atomic E-state index is 0.651. The Morgan fingerprint density at radius 2 is 1.43 bits per heavy atom. The molecule has 0 saturated carbocycles. The van der Waals surface area contributed by atoms with Gasteiger partial charge in [0.05, 0.1) is 0 Å². The maximum atomic E-state index is 5.77. The Hall–Kier alpha value is 0.620. The van der Waals surface area contributed by atoms with Crippen molar-refractivity contribution in [2.24, 2.45) is 17.6 Å². The van der Waals surface area contributed by atoms with E-state index in [0.717, 1.165) is 19.6 Å². The highest BCUT2D eigenvalue weighted by atomic mass is 32.2. The van der Waals surface area contributed by atoms with E-state index < -0.39 is 4.20 Å². The molecular weight excluding hydrogens is 212 g/mol.